The van der Waals surface area contributed by atoms with Crippen molar-refractivity contribution in [3.05, 3.63) is 41.6 Å². The van der Waals surface area contributed by atoms with Crippen molar-refractivity contribution in [3.8, 4) is 0 Å². The average Bonchev–Trinajstić information content (AvgIpc) is 3.10. The van der Waals surface area contributed by atoms with Crippen LogP contribution >= 0.6 is 0 Å². The predicted molar refractivity (Wildman–Crippen MR) is 71.2 cm³/mol. The minimum absolute atomic E-state index is 0.381. The molecule has 0 atom stereocenters. The summed E-state index contributed by atoms with van der Waals surface area (Å²) in [4.78, 5) is 4.53. The molecule has 3 rings (SSSR count). The number of pyridine rings is 1. The fraction of sp³-hybridized carbons (Fsp3) is 0.400. The van der Waals surface area contributed by atoms with Crippen molar-refractivity contribution in [1.82, 2.24) is 10.3 Å². The minimum atomic E-state index is 0.381. The fourth-order valence-electron chi connectivity index (χ4n) is 2.44. The van der Waals surface area contributed by atoms with Gasteiger partial charge in [0.25, 0.3) is 0 Å². The lowest BCUT2D eigenvalue weighted by Gasteiger charge is -2.14. The monoisotopic (exact) mass is 226 g/mol. The Bertz CT molecular complexity index is 556. The highest BCUT2D eigenvalue weighted by Crippen LogP contribution is 2.38. The highest BCUT2D eigenvalue weighted by molar-refractivity contribution is 5.79. The number of hydrogen-bond donors (Lipinski definition) is 1. The maximum absolute atomic E-state index is 4.53. The summed E-state index contributed by atoms with van der Waals surface area (Å²) in [5, 5.41) is 4.69. The molecule has 0 bridgehead atoms. The summed E-state index contributed by atoms with van der Waals surface area (Å²) >= 11 is 0. The van der Waals surface area contributed by atoms with Gasteiger partial charge >= 0.3 is 0 Å². The molecule has 1 aliphatic carbocycles. The van der Waals surface area contributed by atoms with Crippen molar-refractivity contribution in [3.63, 3.8) is 0 Å². The van der Waals surface area contributed by atoms with E-state index in [2.05, 4.69) is 47.7 Å². The number of nitrogens with one attached hydrogen (secondary N) is 1. The van der Waals surface area contributed by atoms with Crippen LogP contribution < -0.4 is 5.32 Å². The molecule has 1 saturated carbocycles. The van der Waals surface area contributed by atoms with E-state index < -0.39 is 0 Å². The molecule has 1 N–H and O–H groups in total. The quantitative estimate of drug-likeness (QED) is 0.870. The molecular weight excluding hydrogens is 208 g/mol. The van der Waals surface area contributed by atoms with E-state index in [0.717, 1.165) is 17.6 Å². The van der Waals surface area contributed by atoms with Crippen LogP contribution in [0.15, 0.2) is 30.3 Å². The summed E-state index contributed by atoms with van der Waals surface area (Å²) < 4.78 is 0. The van der Waals surface area contributed by atoms with Crippen LogP contribution in [0.1, 0.15) is 24.1 Å². The first-order chi connectivity index (χ1) is 8.21. The normalized spacial score (nSPS) is 17.3. The van der Waals surface area contributed by atoms with Gasteiger partial charge in [-0.2, -0.15) is 0 Å². The first-order valence-electron chi connectivity index (χ1n) is 6.26. The van der Waals surface area contributed by atoms with Crippen LogP contribution in [0, 0.1) is 6.92 Å². The highest BCUT2D eigenvalue weighted by Gasteiger charge is 2.40. The van der Waals surface area contributed by atoms with Crippen molar-refractivity contribution < 1.29 is 0 Å². The SMILES string of the molecule is CNC1(Cc2ccc3nc(C)ccc3c2)CC1. The number of aromatic nitrogens is 1. The number of fused-ring (bicyclic) bond motifs is 1. The van der Waals surface area contributed by atoms with Crippen LogP contribution in [0.25, 0.3) is 10.9 Å². The third-order valence-electron chi connectivity index (χ3n) is 3.82. The van der Waals surface area contributed by atoms with E-state index in [1.807, 2.05) is 6.92 Å². The molecule has 0 unspecified atom stereocenters. The van der Waals surface area contributed by atoms with Crippen molar-refractivity contribution in [2.24, 2.45) is 0 Å². The highest BCUT2D eigenvalue weighted by atomic mass is 15.0. The number of likely N-dealkylation sites (N-methyl/N-ethyl adjacent to an activating group) is 1. The van der Waals surface area contributed by atoms with Crippen LogP contribution in [0.3, 0.4) is 0 Å². The molecule has 1 aromatic heterocycles. The molecule has 2 nitrogen and oxygen atoms in total. The van der Waals surface area contributed by atoms with E-state index in [1.54, 1.807) is 0 Å². The Morgan fingerprint density at radius 2 is 2.06 bits per heavy atom. The van der Waals surface area contributed by atoms with Gasteiger partial charge < -0.3 is 5.32 Å². The van der Waals surface area contributed by atoms with E-state index in [4.69, 9.17) is 0 Å². The zero-order valence-electron chi connectivity index (χ0n) is 10.5. The molecule has 2 heteroatoms. The van der Waals surface area contributed by atoms with Crippen LogP contribution in [0.2, 0.25) is 0 Å². The molecular formula is C15H18N2. The zero-order valence-corrected chi connectivity index (χ0v) is 10.5. The number of benzene rings is 1. The van der Waals surface area contributed by atoms with E-state index in [-0.39, 0.29) is 0 Å². The Kier molecular flexibility index (Phi) is 2.40. The van der Waals surface area contributed by atoms with Gasteiger partial charge in [-0.25, -0.2) is 0 Å². The predicted octanol–water partition coefficient (Wildman–Crippen LogP) is 2.84. The molecule has 2 aromatic rings. The second-order valence-electron chi connectivity index (χ2n) is 5.19. The third kappa shape index (κ3) is 2.05. The lowest BCUT2D eigenvalue weighted by molar-refractivity contribution is 0.549. The number of hydrogen-bond acceptors (Lipinski definition) is 2. The molecule has 0 radical (unpaired) electrons. The summed E-state index contributed by atoms with van der Waals surface area (Å²) in [6, 6.07) is 10.9. The van der Waals surface area contributed by atoms with Crippen molar-refractivity contribution in [2.75, 3.05) is 7.05 Å². The topological polar surface area (TPSA) is 24.9 Å². The Morgan fingerprint density at radius 3 is 2.76 bits per heavy atom. The van der Waals surface area contributed by atoms with Gasteiger partial charge in [-0.15, -0.1) is 0 Å². The van der Waals surface area contributed by atoms with Crippen molar-refractivity contribution in [2.45, 2.75) is 31.7 Å². The molecule has 88 valence electrons. The van der Waals surface area contributed by atoms with Gasteiger partial charge in [-0.3, -0.25) is 4.98 Å². The van der Waals surface area contributed by atoms with E-state index >= 15 is 0 Å². The van der Waals surface area contributed by atoms with Gasteiger partial charge in [-0.1, -0.05) is 12.1 Å². The summed E-state index contributed by atoms with van der Waals surface area (Å²) in [5.41, 5.74) is 3.98. The van der Waals surface area contributed by atoms with Crippen LogP contribution in [0.4, 0.5) is 0 Å². The molecule has 0 amide bonds. The summed E-state index contributed by atoms with van der Waals surface area (Å²) in [5.74, 6) is 0. The Balaban J connectivity index is 1.94. The van der Waals surface area contributed by atoms with Crippen LogP contribution in [0.5, 0.6) is 0 Å². The molecule has 1 aromatic carbocycles. The number of rotatable bonds is 3. The third-order valence-corrected chi connectivity index (χ3v) is 3.82. The fourth-order valence-corrected chi connectivity index (χ4v) is 2.44. The number of nitrogens with zero attached hydrogens (tertiary/aromatic N) is 1. The van der Waals surface area contributed by atoms with Gasteiger partial charge in [0.15, 0.2) is 0 Å². The molecule has 1 fully saturated rings. The largest absolute Gasteiger partial charge is 0.314 e. The first kappa shape index (κ1) is 10.7. The van der Waals surface area contributed by atoms with Gasteiger partial charge in [0.2, 0.25) is 0 Å². The molecule has 0 saturated heterocycles. The lowest BCUT2D eigenvalue weighted by Crippen LogP contribution is -2.29. The maximum atomic E-state index is 4.53. The second-order valence-corrected chi connectivity index (χ2v) is 5.19. The summed E-state index contributed by atoms with van der Waals surface area (Å²) in [6.07, 6.45) is 3.73. The van der Waals surface area contributed by atoms with Crippen molar-refractivity contribution in [1.29, 1.82) is 0 Å². The Hall–Kier alpha value is -1.41. The Labute approximate surface area is 102 Å². The van der Waals surface area contributed by atoms with Gasteiger partial charge in [-0.05, 0) is 57.0 Å². The average molecular weight is 226 g/mol. The summed E-state index contributed by atoms with van der Waals surface area (Å²) in [7, 11) is 2.07. The Morgan fingerprint density at radius 1 is 1.24 bits per heavy atom. The molecule has 17 heavy (non-hydrogen) atoms. The van der Waals surface area contributed by atoms with Gasteiger partial charge in [0.1, 0.15) is 0 Å². The smallest absolute Gasteiger partial charge is 0.0705 e. The van der Waals surface area contributed by atoms with Gasteiger partial charge in [0, 0.05) is 16.6 Å². The van der Waals surface area contributed by atoms with Crippen LogP contribution in [-0.2, 0) is 6.42 Å². The van der Waals surface area contributed by atoms with Gasteiger partial charge in [0.05, 0.1) is 5.52 Å². The zero-order chi connectivity index (χ0) is 11.9. The molecule has 0 aliphatic heterocycles. The summed E-state index contributed by atoms with van der Waals surface area (Å²) in [6.45, 7) is 2.04. The van der Waals surface area contributed by atoms with Crippen LogP contribution in [-0.4, -0.2) is 17.6 Å². The van der Waals surface area contributed by atoms with E-state index in [9.17, 15) is 0 Å². The van der Waals surface area contributed by atoms with Crippen molar-refractivity contribution >= 4 is 10.9 Å². The standard InChI is InChI=1S/C15H18N2/c1-11-3-5-13-9-12(4-6-14(13)17-11)10-15(16-2)7-8-15/h3-6,9,16H,7-8,10H2,1-2H3. The maximum Gasteiger partial charge on any atom is 0.0705 e. The second kappa shape index (κ2) is 3.81. The molecule has 1 aliphatic rings. The van der Waals surface area contributed by atoms with E-state index in [0.29, 0.717) is 5.54 Å². The lowest BCUT2D eigenvalue weighted by atomic mass is 10.0. The first-order valence-corrected chi connectivity index (χ1v) is 6.26. The molecule has 1 heterocycles. The van der Waals surface area contributed by atoms with E-state index in [1.165, 1.54) is 23.8 Å². The minimum Gasteiger partial charge on any atom is -0.314 e. The number of aryl methyl sites for hydroxylation is 1. The molecule has 0 spiro atoms.